The molecule has 0 saturated carbocycles. The molecule has 72 valence electrons. The lowest BCUT2D eigenvalue weighted by Gasteiger charge is -2.07. The standard InChI is InChI=1S/C7H4BrCl2F2N/c8-5-1-4(10)3(2-9)6(13-5)7(11)12/h1,7H,2H2. The van der Waals surface area contributed by atoms with Gasteiger partial charge in [0.15, 0.2) is 0 Å². The van der Waals surface area contributed by atoms with Crippen LogP contribution in [0.1, 0.15) is 17.7 Å². The van der Waals surface area contributed by atoms with E-state index in [0.29, 0.717) is 0 Å². The molecule has 0 aliphatic heterocycles. The maximum atomic E-state index is 12.4. The molecule has 0 spiro atoms. The fourth-order valence-electron chi connectivity index (χ4n) is 0.842. The molecule has 0 aromatic carbocycles. The zero-order chi connectivity index (χ0) is 10.0. The Hall–Kier alpha value is 0.0700. The fourth-order valence-corrected chi connectivity index (χ4v) is 2.01. The Balaban J connectivity index is 3.29. The molecule has 0 fully saturated rings. The molecule has 1 nitrogen and oxygen atoms in total. The molecule has 0 N–H and O–H groups in total. The van der Waals surface area contributed by atoms with Crippen LogP contribution in [0.5, 0.6) is 0 Å². The number of aromatic nitrogens is 1. The first-order chi connectivity index (χ1) is 6.06. The van der Waals surface area contributed by atoms with E-state index < -0.39 is 6.43 Å². The third-order valence-electron chi connectivity index (χ3n) is 1.41. The van der Waals surface area contributed by atoms with Crippen LogP contribution < -0.4 is 0 Å². The Bertz CT molecular complexity index is 320. The van der Waals surface area contributed by atoms with Crippen molar-refractivity contribution in [3.63, 3.8) is 0 Å². The smallest absolute Gasteiger partial charge is 0.239 e. The van der Waals surface area contributed by atoms with Crippen molar-refractivity contribution in [3.8, 4) is 0 Å². The maximum absolute atomic E-state index is 12.4. The zero-order valence-electron chi connectivity index (χ0n) is 6.20. The summed E-state index contributed by atoms with van der Waals surface area (Å²) in [5.41, 5.74) is -0.184. The minimum Gasteiger partial charge on any atom is -0.239 e. The van der Waals surface area contributed by atoms with E-state index in [-0.39, 0.29) is 26.8 Å². The highest BCUT2D eigenvalue weighted by atomic mass is 79.9. The minimum absolute atomic E-state index is 0.0706. The fraction of sp³-hybridized carbons (Fsp3) is 0.286. The molecule has 1 aromatic heterocycles. The van der Waals surface area contributed by atoms with E-state index in [4.69, 9.17) is 23.2 Å². The number of halogens is 5. The van der Waals surface area contributed by atoms with Gasteiger partial charge in [0.05, 0.1) is 5.88 Å². The average molecular weight is 291 g/mol. The van der Waals surface area contributed by atoms with Crippen molar-refractivity contribution in [3.05, 3.63) is 26.9 Å². The van der Waals surface area contributed by atoms with E-state index in [1.54, 1.807) is 0 Å². The molecule has 0 saturated heterocycles. The van der Waals surface area contributed by atoms with Crippen LogP contribution >= 0.6 is 39.1 Å². The highest BCUT2D eigenvalue weighted by Crippen LogP contribution is 2.30. The van der Waals surface area contributed by atoms with Gasteiger partial charge in [-0.15, -0.1) is 11.6 Å². The summed E-state index contributed by atoms with van der Waals surface area (Å²) < 4.78 is 25.0. The lowest BCUT2D eigenvalue weighted by Crippen LogP contribution is -1.98. The summed E-state index contributed by atoms with van der Waals surface area (Å²) in [5, 5.41) is 0.201. The van der Waals surface area contributed by atoms with Gasteiger partial charge < -0.3 is 0 Å². The molecular weight excluding hydrogens is 287 g/mol. The third-order valence-corrected chi connectivity index (χ3v) is 2.42. The van der Waals surface area contributed by atoms with Gasteiger partial charge in [-0.1, -0.05) is 11.6 Å². The monoisotopic (exact) mass is 289 g/mol. The third kappa shape index (κ3) is 2.51. The molecule has 0 aliphatic rings. The summed E-state index contributed by atoms with van der Waals surface area (Å²) in [6, 6.07) is 1.44. The summed E-state index contributed by atoms with van der Waals surface area (Å²) in [6.45, 7) is 0. The van der Waals surface area contributed by atoms with E-state index in [1.165, 1.54) is 6.07 Å². The van der Waals surface area contributed by atoms with Gasteiger partial charge in [-0.2, -0.15) is 0 Å². The number of nitrogens with zero attached hydrogens (tertiary/aromatic N) is 1. The Kier molecular flexibility index (Phi) is 3.88. The van der Waals surface area contributed by atoms with Crippen LogP contribution in [0, 0.1) is 0 Å². The number of hydrogen-bond donors (Lipinski definition) is 0. The van der Waals surface area contributed by atoms with Gasteiger partial charge in [0, 0.05) is 10.6 Å². The minimum atomic E-state index is -2.66. The van der Waals surface area contributed by atoms with Crippen molar-refractivity contribution in [1.82, 2.24) is 4.98 Å². The summed E-state index contributed by atoms with van der Waals surface area (Å²) >= 11 is 14.1. The first-order valence-corrected chi connectivity index (χ1v) is 4.95. The van der Waals surface area contributed by atoms with Gasteiger partial charge in [-0.3, -0.25) is 0 Å². The van der Waals surface area contributed by atoms with Gasteiger partial charge in [0.2, 0.25) is 0 Å². The van der Waals surface area contributed by atoms with E-state index in [0.717, 1.165) is 0 Å². The Labute approximate surface area is 92.2 Å². The van der Waals surface area contributed by atoms with Gasteiger partial charge in [0.1, 0.15) is 10.3 Å². The first kappa shape index (κ1) is 11.1. The second-order valence-corrected chi connectivity index (χ2v) is 3.71. The number of hydrogen-bond acceptors (Lipinski definition) is 1. The van der Waals surface area contributed by atoms with Crippen molar-refractivity contribution in [1.29, 1.82) is 0 Å². The molecule has 0 amide bonds. The summed E-state index contributed by atoms with van der Waals surface area (Å²) in [5.74, 6) is -0.0706. The summed E-state index contributed by atoms with van der Waals surface area (Å²) in [7, 11) is 0. The molecule has 1 rings (SSSR count). The SMILES string of the molecule is FC(F)c1nc(Br)cc(Cl)c1CCl. The van der Waals surface area contributed by atoms with Gasteiger partial charge in [-0.25, -0.2) is 13.8 Å². The summed E-state index contributed by atoms with van der Waals surface area (Å²) in [6.07, 6.45) is -2.66. The molecule has 0 unspecified atom stereocenters. The van der Waals surface area contributed by atoms with Crippen LogP contribution in [0.4, 0.5) is 8.78 Å². The zero-order valence-corrected chi connectivity index (χ0v) is 9.30. The van der Waals surface area contributed by atoms with Crippen LogP contribution in [0.25, 0.3) is 0 Å². The van der Waals surface area contributed by atoms with Gasteiger partial charge in [-0.05, 0) is 22.0 Å². The van der Waals surface area contributed by atoms with Crippen molar-refractivity contribution < 1.29 is 8.78 Å². The van der Waals surface area contributed by atoms with Crippen LogP contribution in [0.3, 0.4) is 0 Å². The first-order valence-electron chi connectivity index (χ1n) is 3.25. The largest absolute Gasteiger partial charge is 0.280 e. The van der Waals surface area contributed by atoms with E-state index in [1.807, 2.05) is 0 Å². The lowest BCUT2D eigenvalue weighted by molar-refractivity contribution is 0.145. The van der Waals surface area contributed by atoms with E-state index >= 15 is 0 Å². The maximum Gasteiger partial charge on any atom is 0.280 e. The summed E-state index contributed by atoms with van der Waals surface area (Å²) in [4.78, 5) is 3.60. The number of rotatable bonds is 2. The highest BCUT2D eigenvalue weighted by molar-refractivity contribution is 9.10. The Morgan fingerprint density at radius 3 is 2.62 bits per heavy atom. The number of pyridine rings is 1. The molecule has 0 aliphatic carbocycles. The quantitative estimate of drug-likeness (QED) is 0.588. The average Bonchev–Trinajstić information content (AvgIpc) is 2.02. The van der Waals surface area contributed by atoms with Crippen LogP contribution in [-0.4, -0.2) is 4.98 Å². The van der Waals surface area contributed by atoms with Crippen molar-refractivity contribution in [2.24, 2.45) is 0 Å². The molecule has 1 heterocycles. The van der Waals surface area contributed by atoms with Gasteiger partial charge >= 0.3 is 0 Å². The Morgan fingerprint density at radius 2 is 2.15 bits per heavy atom. The van der Waals surface area contributed by atoms with Crippen molar-refractivity contribution in [2.75, 3.05) is 0 Å². The second kappa shape index (κ2) is 4.53. The van der Waals surface area contributed by atoms with Crippen LogP contribution in [-0.2, 0) is 5.88 Å². The van der Waals surface area contributed by atoms with E-state index in [9.17, 15) is 8.78 Å². The lowest BCUT2D eigenvalue weighted by atomic mass is 10.2. The normalized spacial score (nSPS) is 10.9. The van der Waals surface area contributed by atoms with Crippen molar-refractivity contribution in [2.45, 2.75) is 12.3 Å². The molecule has 13 heavy (non-hydrogen) atoms. The number of alkyl halides is 3. The molecule has 1 aromatic rings. The topological polar surface area (TPSA) is 12.9 Å². The molecular formula is C7H4BrCl2F2N. The molecule has 6 heteroatoms. The van der Waals surface area contributed by atoms with Crippen LogP contribution in [0.15, 0.2) is 10.7 Å². The van der Waals surface area contributed by atoms with Crippen molar-refractivity contribution >= 4 is 39.1 Å². The Morgan fingerprint density at radius 1 is 1.54 bits per heavy atom. The predicted molar refractivity (Wildman–Crippen MR) is 51.5 cm³/mol. The van der Waals surface area contributed by atoms with Crippen LogP contribution in [0.2, 0.25) is 5.02 Å². The molecule has 0 atom stereocenters. The van der Waals surface area contributed by atoms with E-state index in [2.05, 4.69) is 20.9 Å². The predicted octanol–water partition coefficient (Wildman–Crippen LogP) is 4.17. The molecule has 0 radical (unpaired) electrons. The van der Waals surface area contributed by atoms with Gasteiger partial charge in [0.25, 0.3) is 6.43 Å². The molecule has 0 bridgehead atoms. The second-order valence-electron chi connectivity index (χ2n) is 2.22. The highest BCUT2D eigenvalue weighted by Gasteiger charge is 2.17.